The molecule has 0 aliphatic rings. The highest BCUT2D eigenvalue weighted by molar-refractivity contribution is 6.11. The molecule has 94 valence electrons. The van der Waals surface area contributed by atoms with E-state index in [0.717, 1.165) is 31.4 Å². The van der Waals surface area contributed by atoms with Gasteiger partial charge in [-0.3, -0.25) is 4.79 Å². The molecule has 1 aromatic rings. The number of carbonyl (C=O) groups excluding carboxylic acids is 2. The smallest absolute Gasteiger partial charge is 0.416 e. The Morgan fingerprint density at radius 2 is 1.67 bits per heavy atom. The highest BCUT2D eigenvalue weighted by Gasteiger charge is 2.30. The number of ketones is 1. The van der Waals surface area contributed by atoms with Crippen molar-refractivity contribution in [3.63, 3.8) is 0 Å². The fraction of sp³-hybridized carbons (Fsp3) is 0.167. The van der Waals surface area contributed by atoms with E-state index in [1.54, 1.807) is 0 Å². The van der Waals surface area contributed by atoms with Crippen LogP contribution in [-0.2, 0) is 15.7 Å². The van der Waals surface area contributed by atoms with Crippen molar-refractivity contribution >= 4 is 11.8 Å². The summed E-state index contributed by atoms with van der Waals surface area (Å²) in [5.74, 6) is 2.21. The SMILES string of the molecule is COC(=O)C#CC(=O)c1ccc(C(F)(F)F)cc1. The Kier molecular flexibility index (Phi) is 4.10. The van der Waals surface area contributed by atoms with Crippen LogP contribution in [0.3, 0.4) is 0 Å². The summed E-state index contributed by atoms with van der Waals surface area (Å²) in [4.78, 5) is 22.0. The van der Waals surface area contributed by atoms with E-state index in [0.29, 0.717) is 0 Å². The Morgan fingerprint density at radius 1 is 1.11 bits per heavy atom. The van der Waals surface area contributed by atoms with Gasteiger partial charge in [0, 0.05) is 11.5 Å². The first kappa shape index (κ1) is 13.8. The van der Waals surface area contributed by atoms with Crippen LogP contribution in [0.15, 0.2) is 24.3 Å². The Labute approximate surface area is 101 Å². The molecule has 0 amide bonds. The van der Waals surface area contributed by atoms with Crippen molar-refractivity contribution in [3.05, 3.63) is 35.4 Å². The summed E-state index contributed by atoms with van der Waals surface area (Å²) in [6.07, 6.45) is -4.46. The van der Waals surface area contributed by atoms with Gasteiger partial charge in [-0.25, -0.2) is 4.79 Å². The van der Waals surface area contributed by atoms with Gasteiger partial charge in [-0.15, -0.1) is 0 Å². The molecule has 0 aliphatic heterocycles. The van der Waals surface area contributed by atoms with Gasteiger partial charge in [-0.2, -0.15) is 13.2 Å². The molecule has 0 fully saturated rings. The first-order valence-electron chi connectivity index (χ1n) is 4.66. The number of esters is 1. The summed E-state index contributed by atoms with van der Waals surface area (Å²) in [5, 5.41) is 0. The van der Waals surface area contributed by atoms with Crippen LogP contribution < -0.4 is 0 Å². The molecule has 0 spiro atoms. The van der Waals surface area contributed by atoms with Crippen LogP contribution in [0.1, 0.15) is 15.9 Å². The molecule has 0 bridgehead atoms. The standard InChI is InChI=1S/C12H7F3O3/c1-18-11(17)7-6-10(16)8-2-4-9(5-3-8)12(13,14)15/h2-5H,1H3. The fourth-order valence-corrected chi connectivity index (χ4v) is 1.04. The Hall–Kier alpha value is -2.29. The summed E-state index contributed by atoms with van der Waals surface area (Å²) in [5.41, 5.74) is -0.889. The number of methoxy groups -OCH3 is 1. The van der Waals surface area contributed by atoms with Crippen LogP contribution in [0.25, 0.3) is 0 Å². The second-order valence-corrected chi connectivity index (χ2v) is 3.15. The molecule has 0 aliphatic carbocycles. The third kappa shape index (κ3) is 3.63. The predicted molar refractivity (Wildman–Crippen MR) is 55.6 cm³/mol. The lowest BCUT2D eigenvalue weighted by atomic mass is 10.1. The quantitative estimate of drug-likeness (QED) is 0.254. The number of hydrogen-bond acceptors (Lipinski definition) is 3. The van der Waals surface area contributed by atoms with E-state index in [4.69, 9.17) is 0 Å². The lowest BCUT2D eigenvalue weighted by Gasteiger charge is -2.05. The Balaban J connectivity index is 2.89. The topological polar surface area (TPSA) is 43.4 Å². The van der Waals surface area contributed by atoms with Gasteiger partial charge in [0.05, 0.1) is 12.7 Å². The zero-order valence-electron chi connectivity index (χ0n) is 9.17. The highest BCUT2D eigenvalue weighted by Crippen LogP contribution is 2.29. The number of alkyl halides is 3. The van der Waals surface area contributed by atoms with Gasteiger partial charge >= 0.3 is 12.1 Å². The number of carbonyl (C=O) groups is 2. The zero-order chi connectivity index (χ0) is 13.8. The molecule has 18 heavy (non-hydrogen) atoms. The van der Waals surface area contributed by atoms with Crippen molar-refractivity contribution in [2.45, 2.75) is 6.18 Å². The molecule has 3 nitrogen and oxygen atoms in total. The normalized spacial score (nSPS) is 10.2. The van der Waals surface area contributed by atoms with Crippen molar-refractivity contribution in [2.75, 3.05) is 7.11 Å². The van der Waals surface area contributed by atoms with Crippen LogP contribution in [0.4, 0.5) is 13.2 Å². The zero-order valence-corrected chi connectivity index (χ0v) is 9.17. The third-order valence-corrected chi connectivity index (χ3v) is 1.94. The van der Waals surface area contributed by atoms with E-state index in [1.165, 1.54) is 0 Å². The average Bonchev–Trinajstić information content (AvgIpc) is 2.34. The number of halogens is 3. The van der Waals surface area contributed by atoms with E-state index >= 15 is 0 Å². The van der Waals surface area contributed by atoms with Gasteiger partial charge in [0.1, 0.15) is 0 Å². The van der Waals surface area contributed by atoms with Gasteiger partial charge in [-0.1, -0.05) is 0 Å². The molecule has 6 heteroatoms. The van der Waals surface area contributed by atoms with Crippen LogP contribution >= 0.6 is 0 Å². The molecule has 0 atom stereocenters. The van der Waals surface area contributed by atoms with Crippen molar-refractivity contribution in [1.82, 2.24) is 0 Å². The first-order chi connectivity index (χ1) is 8.34. The molecule has 0 saturated heterocycles. The van der Waals surface area contributed by atoms with Crippen LogP contribution in [-0.4, -0.2) is 18.9 Å². The van der Waals surface area contributed by atoms with Crippen LogP contribution in [0.5, 0.6) is 0 Å². The maximum Gasteiger partial charge on any atom is 0.416 e. The molecule has 0 radical (unpaired) electrons. The van der Waals surface area contributed by atoms with Crippen LogP contribution in [0, 0.1) is 11.8 Å². The maximum atomic E-state index is 12.2. The summed E-state index contributed by atoms with van der Waals surface area (Å²) in [7, 11) is 1.10. The van der Waals surface area contributed by atoms with Gasteiger partial charge in [0.15, 0.2) is 0 Å². The van der Waals surface area contributed by atoms with E-state index in [-0.39, 0.29) is 5.56 Å². The average molecular weight is 256 g/mol. The van der Waals surface area contributed by atoms with E-state index in [1.807, 2.05) is 11.8 Å². The Bertz CT molecular complexity index is 518. The first-order valence-corrected chi connectivity index (χ1v) is 4.66. The minimum absolute atomic E-state index is 0.0283. The molecule has 1 rings (SSSR count). The summed E-state index contributed by atoms with van der Waals surface area (Å²) < 4.78 is 40.9. The number of rotatable bonds is 1. The minimum Gasteiger partial charge on any atom is -0.459 e. The fourth-order valence-electron chi connectivity index (χ4n) is 1.04. The molecule has 0 N–H and O–H groups in total. The van der Waals surface area contributed by atoms with Crippen molar-refractivity contribution in [2.24, 2.45) is 0 Å². The van der Waals surface area contributed by atoms with Gasteiger partial charge in [-0.05, 0) is 30.2 Å². The maximum absolute atomic E-state index is 12.2. The van der Waals surface area contributed by atoms with Crippen LogP contribution in [0.2, 0.25) is 0 Å². The molecule has 0 saturated carbocycles. The van der Waals surface area contributed by atoms with E-state index < -0.39 is 23.5 Å². The van der Waals surface area contributed by atoms with Gasteiger partial charge in [0.25, 0.3) is 0 Å². The van der Waals surface area contributed by atoms with Crippen molar-refractivity contribution < 1.29 is 27.5 Å². The number of ether oxygens (including phenoxy) is 1. The Morgan fingerprint density at radius 3 is 2.11 bits per heavy atom. The molecule has 1 aromatic carbocycles. The summed E-state index contributed by atoms with van der Waals surface area (Å²) in [6, 6.07) is 3.54. The minimum atomic E-state index is -4.46. The lowest BCUT2D eigenvalue weighted by molar-refractivity contribution is -0.137. The van der Waals surface area contributed by atoms with Crippen molar-refractivity contribution in [3.8, 4) is 11.8 Å². The van der Waals surface area contributed by atoms with Crippen molar-refractivity contribution in [1.29, 1.82) is 0 Å². The number of hydrogen-bond donors (Lipinski definition) is 0. The molecule has 0 unspecified atom stereocenters. The second-order valence-electron chi connectivity index (χ2n) is 3.15. The summed E-state index contributed by atoms with van der Waals surface area (Å²) in [6.45, 7) is 0. The third-order valence-electron chi connectivity index (χ3n) is 1.94. The van der Waals surface area contributed by atoms with Gasteiger partial charge in [0.2, 0.25) is 5.78 Å². The largest absolute Gasteiger partial charge is 0.459 e. The predicted octanol–water partition coefficient (Wildman–Crippen LogP) is 2.06. The van der Waals surface area contributed by atoms with E-state index in [9.17, 15) is 22.8 Å². The monoisotopic (exact) mass is 256 g/mol. The lowest BCUT2D eigenvalue weighted by Crippen LogP contribution is -2.05. The molecule has 0 aromatic heterocycles. The van der Waals surface area contributed by atoms with E-state index in [2.05, 4.69) is 4.74 Å². The second kappa shape index (κ2) is 5.36. The molecular formula is C12H7F3O3. The molecule has 0 heterocycles. The number of benzene rings is 1. The summed E-state index contributed by atoms with van der Waals surface area (Å²) >= 11 is 0. The highest BCUT2D eigenvalue weighted by atomic mass is 19.4. The molecular weight excluding hydrogens is 249 g/mol. The number of Topliss-reactive ketones (excluding diaryl/α,β-unsaturated/α-hetero) is 1. The van der Waals surface area contributed by atoms with Gasteiger partial charge < -0.3 is 4.74 Å².